The summed E-state index contributed by atoms with van der Waals surface area (Å²) in [5, 5.41) is 4.75. The number of amides is 1. The summed E-state index contributed by atoms with van der Waals surface area (Å²) >= 11 is 13.0. The van der Waals surface area contributed by atoms with Crippen molar-refractivity contribution in [3.63, 3.8) is 0 Å². The van der Waals surface area contributed by atoms with Gasteiger partial charge in [-0.05, 0) is 92.4 Å². The Kier molecular flexibility index (Phi) is 10.2. The average molecular weight is 623 g/mol. The lowest BCUT2D eigenvalue weighted by Gasteiger charge is -2.12. The summed E-state index contributed by atoms with van der Waals surface area (Å²) in [6.07, 6.45) is 3.18. The number of benzene rings is 3. The van der Waals surface area contributed by atoms with Gasteiger partial charge in [0.15, 0.2) is 11.5 Å². The van der Waals surface area contributed by atoms with Gasteiger partial charge in [-0.1, -0.05) is 36.4 Å². The fourth-order valence-corrected chi connectivity index (χ4v) is 4.52. The molecular weight excluding hydrogens is 600 g/mol. The molecule has 0 saturated heterocycles. The predicted molar refractivity (Wildman–Crippen MR) is 146 cm³/mol. The molecule has 0 heterocycles. The Morgan fingerprint density at radius 1 is 1.03 bits per heavy atom. The number of halogens is 3. The van der Waals surface area contributed by atoms with E-state index in [9.17, 15) is 4.79 Å². The van der Waals surface area contributed by atoms with Gasteiger partial charge in [-0.25, -0.2) is 5.43 Å². The molecular formula is C26H23Br2ClN2O4. The number of nitrogens with zero attached hydrogens (tertiary/aromatic N) is 1. The SMILES string of the molecule is C=CCOc1ccc(C(=O)N/N=C/c2cc(Br)c(OCc3ccc(Cl)cc3)c(Br)c2)cc1OCC. The Labute approximate surface area is 226 Å². The number of hydrogen-bond acceptors (Lipinski definition) is 5. The second-order valence-corrected chi connectivity index (χ2v) is 9.27. The summed E-state index contributed by atoms with van der Waals surface area (Å²) in [6, 6.07) is 16.1. The zero-order chi connectivity index (χ0) is 25.2. The molecule has 0 aromatic heterocycles. The minimum Gasteiger partial charge on any atom is -0.490 e. The summed E-state index contributed by atoms with van der Waals surface area (Å²) in [5.41, 5.74) is 4.67. The van der Waals surface area contributed by atoms with Crippen molar-refractivity contribution >= 4 is 55.6 Å². The highest BCUT2D eigenvalue weighted by Crippen LogP contribution is 2.35. The lowest BCUT2D eigenvalue weighted by atomic mass is 10.2. The van der Waals surface area contributed by atoms with Crippen LogP contribution in [0.1, 0.15) is 28.4 Å². The van der Waals surface area contributed by atoms with Gasteiger partial charge in [0.2, 0.25) is 0 Å². The summed E-state index contributed by atoms with van der Waals surface area (Å²) in [7, 11) is 0. The third-order valence-corrected chi connectivity index (χ3v) is 5.99. The van der Waals surface area contributed by atoms with Gasteiger partial charge in [-0.3, -0.25) is 4.79 Å². The van der Waals surface area contributed by atoms with E-state index >= 15 is 0 Å². The van der Waals surface area contributed by atoms with E-state index in [-0.39, 0.29) is 5.91 Å². The number of carbonyl (C=O) groups excluding carboxylic acids is 1. The van der Waals surface area contributed by atoms with Crippen molar-refractivity contribution in [3.8, 4) is 17.2 Å². The number of hydrazone groups is 1. The molecule has 6 nitrogen and oxygen atoms in total. The van der Waals surface area contributed by atoms with E-state index in [0.717, 1.165) is 20.1 Å². The molecule has 1 amide bonds. The highest BCUT2D eigenvalue weighted by molar-refractivity contribution is 9.11. The van der Waals surface area contributed by atoms with E-state index < -0.39 is 0 Å². The van der Waals surface area contributed by atoms with Crippen molar-refractivity contribution in [2.45, 2.75) is 13.5 Å². The quantitative estimate of drug-likeness (QED) is 0.140. The zero-order valence-corrected chi connectivity index (χ0v) is 22.8. The fourth-order valence-electron chi connectivity index (χ4n) is 2.94. The van der Waals surface area contributed by atoms with Gasteiger partial charge in [0.25, 0.3) is 5.91 Å². The van der Waals surface area contributed by atoms with Crippen molar-refractivity contribution in [1.29, 1.82) is 0 Å². The molecule has 1 N–H and O–H groups in total. The van der Waals surface area contributed by atoms with Crippen molar-refractivity contribution in [2.75, 3.05) is 13.2 Å². The first-order chi connectivity index (χ1) is 16.9. The van der Waals surface area contributed by atoms with Crippen molar-refractivity contribution in [3.05, 3.63) is 97.9 Å². The number of hydrogen-bond donors (Lipinski definition) is 1. The minimum atomic E-state index is -0.376. The molecule has 182 valence electrons. The van der Waals surface area contributed by atoms with Crippen molar-refractivity contribution in [1.82, 2.24) is 5.43 Å². The maximum absolute atomic E-state index is 12.6. The molecule has 0 saturated carbocycles. The molecule has 3 rings (SSSR count). The third-order valence-electron chi connectivity index (χ3n) is 4.56. The number of carbonyl (C=O) groups is 1. The first-order valence-electron chi connectivity index (χ1n) is 10.6. The first-order valence-corrected chi connectivity index (χ1v) is 12.6. The summed E-state index contributed by atoms with van der Waals surface area (Å²) in [4.78, 5) is 12.6. The van der Waals surface area contributed by atoms with E-state index in [4.69, 9.17) is 25.8 Å². The molecule has 0 aliphatic rings. The van der Waals surface area contributed by atoms with E-state index in [1.165, 1.54) is 0 Å². The number of ether oxygens (including phenoxy) is 3. The molecule has 0 fully saturated rings. The molecule has 0 aliphatic heterocycles. The average Bonchev–Trinajstić information content (AvgIpc) is 2.84. The number of rotatable bonds is 11. The Balaban J connectivity index is 1.64. The monoisotopic (exact) mass is 620 g/mol. The van der Waals surface area contributed by atoms with Gasteiger partial charge in [0, 0.05) is 10.6 Å². The molecule has 3 aromatic carbocycles. The van der Waals surface area contributed by atoms with Gasteiger partial charge in [-0.2, -0.15) is 5.10 Å². The molecule has 0 bridgehead atoms. The van der Waals surface area contributed by atoms with Crippen LogP contribution in [0.2, 0.25) is 5.02 Å². The van der Waals surface area contributed by atoms with Crippen LogP contribution in [0, 0.1) is 0 Å². The molecule has 0 unspecified atom stereocenters. The van der Waals surface area contributed by atoms with Crippen molar-refractivity contribution in [2.24, 2.45) is 5.10 Å². The van der Waals surface area contributed by atoms with Crippen LogP contribution in [-0.4, -0.2) is 25.3 Å². The zero-order valence-electron chi connectivity index (χ0n) is 18.9. The predicted octanol–water partition coefficient (Wildman–Crippen LogP) is 7.17. The molecule has 0 aliphatic carbocycles. The molecule has 35 heavy (non-hydrogen) atoms. The molecule has 0 atom stereocenters. The summed E-state index contributed by atoms with van der Waals surface area (Å²) in [6.45, 7) is 6.66. The Morgan fingerprint density at radius 2 is 1.74 bits per heavy atom. The lowest BCUT2D eigenvalue weighted by molar-refractivity contribution is 0.0954. The highest BCUT2D eigenvalue weighted by Gasteiger charge is 2.12. The van der Waals surface area contributed by atoms with Crippen LogP contribution in [0.4, 0.5) is 0 Å². The van der Waals surface area contributed by atoms with E-state index in [0.29, 0.717) is 47.7 Å². The van der Waals surface area contributed by atoms with Gasteiger partial charge in [0.05, 0.1) is 21.8 Å². The second-order valence-electron chi connectivity index (χ2n) is 7.12. The van der Waals surface area contributed by atoms with Crippen LogP contribution in [0.3, 0.4) is 0 Å². The van der Waals surface area contributed by atoms with Crippen LogP contribution in [0.25, 0.3) is 0 Å². The van der Waals surface area contributed by atoms with E-state index in [1.807, 2.05) is 43.3 Å². The Bertz CT molecular complexity index is 1190. The second kappa shape index (κ2) is 13.3. The lowest BCUT2D eigenvalue weighted by Crippen LogP contribution is -2.17. The summed E-state index contributed by atoms with van der Waals surface area (Å²) < 4.78 is 18.6. The van der Waals surface area contributed by atoms with Crippen molar-refractivity contribution < 1.29 is 19.0 Å². The van der Waals surface area contributed by atoms with Crippen LogP contribution in [0.15, 0.2) is 81.3 Å². The third kappa shape index (κ3) is 7.85. The topological polar surface area (TPSA) is 69.2 Å². The molecule has 0 radical (unpaired) electrons. The standard InChI is InChI=1S/C26H23Br2ClN2O4/c1-3-11-34-23-10-7-19(14-24(23)33-4-2)26(32)31-30-15-18-12-21(27)25(22(28)13-18)35-16-17-5-8-20(29)9-6-17/h3,5-10,12-15H,1,4,11,16H2,2H3,(H,31,32)/b30-15+. The van der Waals surface area contributed by atoms with Gasteiger partial charge in [0.1, 0.15) is 19.0 Å². The first kappa shape index (κ1) is 26.8. The van der Waals surface area contributed by atoms with Crippen LogP contribution in [0.5, 0.6) is 17.2 Å². The van der Waals surface area contributed by atoms with Gasteiger partial charge in [-0.15, -0.1) is 0 Å². The molecule has 0 spiro atoms. The number of nitrogens with one attached hydrogen (secondary N) is 1. The Hall–Kier alpha value is -2.81. The largest absolute Gasteiger partial charge is 0.490 e. The van der Waals surface area contributed by atoms with Crippen LogP contribution in [-0.2, 0) is 6.61 Å². The minimum absolute atomic E-state index is 0.339. The maximum atomic E-state index is 12.6. The highest BCUT2D eigenvalue weighted by atomic mass is 79.9. The van der Waals surface area contributed by atoms with Crippen LogP contribution < -0.4 is 19.6 Å². The normalized spacial score (nSPS) is 10.7. The Morgan fingerprint density at radius 3 is 2.40 bits per heavy atom. The van der Waals surface area contributed by atoms with Gasteiger partial charge < -0.3 is 14.2 Å². The van der Waals surface area contributed by atoms with E-state index in [1.54, 1.807) is 30.5 Å². The fraction of sp³-hybridized carbons (Fsp3) is 0.154. The van der Waals surface area contributed by atoms with Gasteiger partial charge >= 0.3 is 0 Å². The van der Waals surface area contributed by atoms with Crippen LogP contribution >= 0.6 is 43.5 Å². The van der Waals surface area contributed by atoms with E-state index in [2.05, 4.69) is 49.0 Å². The molecule has 3 aromatic rings. The maximum Gasteiger partial charge on any atom is 0.271 e. The molecule has 9 heteroatoms. The smallest absolute Gasteiger partial charge is 0.271 e. The summed E-state index contributed by atoms with van der Waals surface area (Å²) in [5.74, 6) is 1.30.